The van der Waals surface area contributed by atoms with Crippen LogP contribution in [0.15, 0.2) is 24.3 Å². The van der Waals surface area contributed by atoms with E-state index in [1.807, 2.05) is 32.0 Å². The summed E-state index contributed by atoms with van der Waals surface area (Å²) in [6, 6.07) is 7.94. The number of ether oxygens (including phenoxy) is 1. The van der Waals surface area contributed by atoms with Crippen molar-refractivity contribution in [2.24, 2.45) is 0 Å². The summed E-state index contributed by atoms with van der Waals surface area (Å²) in [5, 5.41) is 4.48. The highest BCUT2D eigenvalue weighted by Crippen LogP contribution is 2.38. The van der Waals surface area contributed by atoms with Crippen LogP contribution in [0.3, 0.4) is 0 Å². The molecule has 2 aliphatic rings. The highest BCUT2D eigenvalue weighted by atomic mass is 35.5. The number of hydrogen-bond donors (Lipinski definition) is 1. The second kappa shape index (κ2) is 11.0. The third kappa shape index (κ3) is 6.15. The Labute approximate surface area is 204 Å². The number of rotatable bonds is 7. The minimum atomic E-state index is -0.326. The van der Waals surface area contributed by atoms with Crippen molar-refractivity contribution < 1.29 is 14.3 Å². The van der Waals surface area contributed by atoms with Crippen LogP contribution in [-0.2, 0) is 28.9 Å². The molecule has 0 bridgehead atoms. The van der Waals surface area contributed by atoms with Gasteiger partial charge < -0.3 is 10.1 Å². The summed E-state index contributed by atoms with van der Waals surface area (Å²) in [6.45, 7) is 8.25. The van der Waals surface area contributed by atoms with E-state index in [9.17, 15) is 9.59 Å². The lowest BCUT2D eigenvalue weighted by Gasteiger charge is -2.34. The Morgan fingerprint density at radius 1 is 1.09 bits per heavy atom. The number of anilines is 1. The lowest BCUT2D eigenvalue weighted by atomic mass is 9.95. The normalized spacial score (nSPS) is 17.1. The number of carbonyl (C=O) groups is 2. The predicted octanol–water partition coefficient (Wildman–Crippen LogP) is 4.60. The Bertz CT molecular complexity index is 999. The summed E-state index contributed by atoms with van der Waals surface area (Å²) in [5.41, 5.74) is 2.77. The largest absolute Gasteiger partial charge is 0.459 e. The van der Waals surface area contributed by atoms with Gasteiger partial charge in [-0.2, -0.15) is 0 Å². The Balaban J connectivity index is 1.34. The fourth-order valence-corrected chi connectivity index (χ4v) is 5.97. The lowest BCUT2D eigenvalue weighted by molar-refractivity contribution is -0.117. The molecule has 1 aromatic carbocycles. The van der Waals surface area contributed by atoms with Crippen LogP contribution in [0.4, 0.5) is 5.00 Å². The number of fused-ring (bicyclic) bond motifs is 1. The first-order chi connectivity index (χ1) is 15.9. The number of esters is 1. The van der Waals surface area contributed by atoms with Crippen LogP contribution < -0.4 is 5.32 Å². The standard InChI is InChI=1S/C25H32ClN3O3S/c1-17(2)32-25(31)23-19-8-4-6-10-21(19)33-24(23)27-22(30)16-29-13-11-28(12-14-29)15-18-7-3-5-9-20(18)26/h3,5,7,9,17H,4,6,8,10-16H2,1-2H3,(H,27,30). The van der Waals surface area contributed by atoms with Gasteiger partial charge in [-0.3, -0.25) is 14.6 Å². The molecule has 2 heterocycles. The second-order valence-electron chi connectivity index (χ2n) is 9.06. The number of piperazine rings is 1. The quantitative estimate of drug-likeness (QED) is 0.576. The third-order valence-corrected chi connectivity index (χ3v) is 7.73. The molecule has 1 fully saturated rings. The Morgan fingerprint density at radius 2 is 1.79 bits per heavy atom. The van der Waals surface area contributed by atoms with E-state index in [-0.39, 0.29) is 18.0 Å². The number of carbonyl (C=O) groups excluding carboxylic acids is 2. The van der Waals surface area contributed by atoms with Gasteiger partial charge in [0.2, 0.25) is 5.91 Å². The van der Waals surface area contributed by atoms with Crippen molar-refractivity contribution in [1.82, 2.24) is 9.80 Å². The lowest BCUT2D eigenvalue weighted by Crippen LogP contribution is -2.48. The average Bonchev–Trinajstić information content (AvgIpc) is 3.14. The van der Waals surface area contributed by atoms with Crippen LogP contribution in [0.2, 0.25) is 5.02 Å². The molecule has 6 nitrogen and oxygen atoms in total. The number of nitrogens with zero attached hydrogens (tertiary/aromatic N) is 2. The van der Waals surface area contributed by atoms with Gasteiger partial charge in [0, 0.05) is 42.6 Å². The zero-order valence-electron chi connectivity index (χ0n) is 19.4. The van der Waals surface area contributed by atoms with E-state index >= 15 is 0 Å². The first-order valence-corrected chi connectivity index (χ1v) is 12.9. The Kier molecular flexibility index (Phi) is 8.07. The summed E-state index contributed by atoms with van der Waals surface area (Å²) in [4.78, 5) is 31.4. The van der Waals surface area contributed by atoms with Gasteiger partial charge in [0.25, 0.3) is 0 Å². The molecule has 178 valence electrons. The second-order valence-corrected chi connectivity index (χ2v) is 10.6. The van der Waals surface area contributed by atoms with Gasteiger partial charge in [0.05, 0.1) is 18.2 Å². The van der Waals surface area contributed by atoms with Crippen molar-refractivity contribution in [1.29, 1.82) is 0 Å². The smallest absolute Gasteiger partial charge is 0.341 e. The third-order valence-electron chi connectivity index (χ3n) is 6.16. The molecule has 1 aliphatic carbocycles. The minimum absolute atomic E-state index is 0.0771. The Morgan fingerprint density at radius 3 is 2.52 bits per heavy atom. The molecule has 1 aromatic heterocycles. The number of amides is 1. The molecular weight excluding hydrogens is 458 g/mol. The van der Waals surface area contributed by atoms with Crippen molar-refractivity contribution in [3.8, 4) is 0 Å². The van der Waals surface area contributed by atoms with Crippen LogP contribution in [0.25, 0.3) is 0 Å². The first kappa shape index (κ1) is 24.2. The molecule has 1 amide bonds. The van der Waals surface area contributed by atoms with Gasteiger partial charge in [-0.25, -0.2) is 4.79 Å². The molecule has 0 radical (unpaired) electrons. The molecule has 0 atom stereocenters. The van der Waals surface area contributed by atoms with Crippen molar-refractivity contribution in [2.45, 2.75) is 52.2 Å². The molecule has 4 rings (SSSR count). The highest BCUT2D eigenvalue weighted by Gasteiger charge is 2.28. The molecule has 2 aromatic rings. The molecular formula is C25H32ClN3O3S. The molecule has 0 unspecified atom stereocenters. The van der Waals surface area contributed by atoms with E-state index in [1.54, 1.807) is 0 Å². The predicted molar refractivity (Wildman–Crippen MR) is 133 cm³/mol. The summed E-state index contributed by atoms with van der Waals surface area (Å²) < 4.78 is 5.49. The van der Waals surface area contributed by atoms with Crippen molar-refractivity contribution in [3.63, 3.8) is 0 Å². The summed E-state index contributed by atoms with van der Waals surface area (Å²) in [7, 11) is 0. The van der Waals surface area contributed by atoms with E-state index in [0.717, 1.165) is 74.6 Å². The van der Waals surface area contributed by atoms with Gasteiger partial charge in [0.1, 0.15) is 5.00 Å². The van der Waals surface area contributed by atoms with Crippen LogP contribution in [0.5, 0.6) is 0 Å². The number of benzene rings is 1. The summed E-state index contributed by atoms with van der Waals surface area (Å²) in [6.07, 6.45) is 3.83. The van der Waals surface area contributed by atoms with Crippen LogP contribution in [0, 0.1) is 0 Å². The maximum absolute atomic E-state index is 12.9. The fraction of sp³-hybridized carbons (Fsp3) is 0.520. The molecule has 1 saturated heterocycles. The number of hydrogen-bond acceptors (Lipinski definition) is 6. The average molecular weight is 490 g/mol. The summed E-state index contributed by atoms with van der Waals surface area (Å²) in [5.74, 6) is -0.403. The topological polar surface area (TPSA) is 61.9 Å². The molecule has 1 aliphatic heterocycles. The summed E-state index contributed by atoms with van der Waals surface area (Å²) >= 11 is 7.84. The Hall–Kier alpha value is -1.93. The van der Waals surface area contributed by atoms with Crippen LogP contribution >= 0.6 is 22.9 Å². The molecule has 1 N–H and O–H groups in total. The van der Waals surface area contributed by atoms with E-state index in [4.69, 9.17) is 16.3 Å². The molecule has 8 heteroatoms. The maximum Gasteiger partial charge on any atom is 0.341 e. The van der Waals surface area contributed by atoms with E-state index in [2.05, 4.69) is 21.2 Å². The van der Waals surface area contributed by atoms with Gasteiger partial charge in [-0.15, -0.1) is 11.3 Å². The van der Waals surface area contributed by atoms with Crippen molar-refractivity contribution in [3.05, 3.63) is 50.9 Å². The molecule has 33 heavy (non-hydrogen) atoms. The van der Waals surface area contributed by atoms with Gasteiger partial charge in [-0.05, 0) is 56.7 Å². The monoisotopic (exact) mass is 489 g/mol. The highest BCUT2D eigenvalue weighted by molar-refractivity contribution is 7.17. The zero-order chi connectivity index (χ0) is 23.4. The van der Waals surface area contributed by atoms with E-state index in [0.29, 0.717) is 17.1 Å². The van der Waals surface area contributed by atoms with Crippen LogP contribution in [-0.4, -0.2) is 60.5 Å². The number of nitrogens with one attached hydrogen (secondary N) is 1. The number of thiophene rings is 1. The SMILES string of the molecule is CC(C)OC(=O)c1c(NC(=O)CN2CCN(Cc3ccccc3Cl)CC2)sc2c1CCCC2. The number of aryl methyl sites for hydroxylation is 1. The minimum Gasteiger partial charge on any atom is -0.459 e. The van der Waals surface area contributed by atoms with Crippen molar-refractivity contribution >= 4 is 39.8 Å². The van der Waals surface area contributed by atoms with Gasteiger partial charge in [0.15, 0.2) is 0 Å². The van der Waals surface area contributed by atoms with E-state index < -0.39 is 0 Å². The van der Waals surface area contributed by atoms with Gasteiger partial charge >= 0.3 is 5.97 Å². The first-order valence-electron chi connectivity index (χ1n) is 11.7. The van der Waals surface area contributed by atoms with Crippen molar-refractivity contribution in [2.75, 3.05) is 38.0 Å². The van der Waals surface area contributed by atoms with E-state index in [1.165, 1.54) is 16.2 Å². The fourth-order valence-electron chi connectivity index (χ4n) is 4.49. The van der Waals surface area contributed by atoms with Gasteiger partial charge in [-0.1, -0.05) is 29.8 Å². The molecule has 0 spiro atoms. The zero-order valence-corrected chi connectivity index (χ0v) is 20.9. The maximum atomic E-state index is 12.9. The molecule has 0 saturated carbocycles. The van der Waals surface area contributed by atoms with Crippen LogP contribution in [0.1, 0.15) is 53.1 Å². The number of halogens is 1.